The van der Waals surface area contributed by atoms with E-state index in [0.717, 1.165) is 6.42 Å². The summed E-state index contributed by atoms with van der Waals surface area (Å²) in [5.74, 6) is 0.831. The summed E-state index contributed by atoms with van der Waals surface area (Å²) in [5.41, 5.74) is -0.627. The number of carboxylic acid groups (broad SMARTS) is 1. The first-order valence-corrected chi connectivity index (χ1v) is 5.15. The van der Waals surface area contributed by atoms with E-state index in [9.17, 15) is 9.59 Å². The standard InChI is InChI=1S/C11H11N3O3/c1-2-8(15)14-11(4-3-5-11)10-12-6-7(13-10)9(16)17/h1,6H,3-5H2,(H,12,13)(H,14,15)(H,16,17). The van der Waals surface area contributed by atoms with E-state index >= 15 is 0 Å². The van der Waals surface area contributed by atoms with Gasteiger partial charge in [0, 0.05) is 0 Å². The highest BCUT2D eigenvalue weighted by Crippen LogP contribution is 2.39. The highest BCUT2D eigenvalue weighted by molar-refractivity contribution is 5.93. The Morgan fingerprint density at radius 3 is 2.71 bits per heavy atom. The molecule has 6 heteroatoms. The molecule has 1 amide bonds. The molecule has 0 atom stereocenters. The van der Waals surface area contributed by atoms with Gasteiger partial charge in [-0.05, 0) is 25.2 Å². The SMILES string of the molecule is C#CC(=O)NC1(c2ncc(C(=O)O)[nH]2)CCC1. The molecule has 1 aliphatic rings. The van der Waals surface area contributed by atoms with E-state index in [1.165, 1.54) is 6.20 Å². The number of terminal acetylenes is 1. The smallest absolute Gasteiger partial charge is 0.353 e. The van der Waals surface area contributed by atoms with Crippen LogP contribution in [0, 0.1) is 12.3 Å². The van der Waals surface area contributed by atoms with Crippen LogP contribution < -0.4 is 5.32 Å². The van der Waals surface area contributed by atoms with Crippen molar-refractivity contribution in [2.24, 2.45) is 0 Å². The van der Waals surface area contributed by atoms with Crippen LogP contribution in [0.1, 0.15) is 35.6 Å². The van der Waals surface area contributed by atoms with Crippen LogP contribution in [0.4, 0.5) is 0 Å². The second-order valence-corrected chi connectivity index (χ2v) is 3.98. The van der Waals surface area contributed by atoms with E-state index in [0.29, 0.717) is 18.7 Å². The van der Waals surface area contributed by atoms with Gasteiger partial charge in [0.1, 0.15) is 11.5 Å². The summed E-state index contributed by atoms with van der Waals surface area (Å²) in [6.07, 6.45) is 8.58. The molecule has 1 heterocycles. The molecule has 1 aromatic heterocycles. The molecular formula is C11H11N3O3. The predicted octanol–water partition coefficient (Wildman–Crippen LogP) is 0.236. The van der Waals surface area contributed by atoms with Crippen molar-refractivity contribution in [3.8, 4) is 12.3 Å². The van der Waals surface area contributed by atoms with Crippen LogP contribution >= 0.6 is 0 Å². The first-order chi connectivity index (χ1) is 8.07. The molecule has 1 aliphatic carbocycles. The molecule has 1 fully saturated rings. The van der Waals surface area contributed by atoms with Crippen LogP contribution in [-0.2, 0) is 10.3 Å². The zero-order valence-electron chi connectivity index (χ0n) is 8.99. The number of amides is 1. The van der Waals surface area contributed by atoms with Crippen molar-refractivity contribution in [1.82, 2.24) is 15.3 Å². The second-order valence-electron chi connectivity index (χ2n) is 3.98. The second kappa shape index (κ2) is 3.94. The maximum atomic E-state index is 11.2. The summed E-state index contributed by atoms with van der Waals surface area (Å²) < 4.78 is 0. The Kier molecular flexibility index (Phi) is 2.60. The monoisotopic (exact) mass is 233 g/mol. The van der Waals surface area contributed by atoms with Gasteiger partial charge in [0.2, 0.25) is 0 Å². The van der Waals surface area contributed by atoms with Gasteiger partial charge in [0.05, 0.1) is 11.7 Å². The number of nitrogens with one attached hydrogen (secondary N) is 2. The molecule has 88 valence electrons. The molecule has 0 aliphatic heterocycles. The highest BCUT2D eigenvalue weighted by atomic mass is 16.4. The van der Waals surface area contributed by atoms with Gasteiger partial charge in [-0.25, -0.2) is 9.78 Å². The van der Waals surface area contributed by atoms with Gasteiger partial charge in [-0.1, -0.05) is 0 Å². The molecule has 0 radical (unpaired) electrons. The third-order valence-electron chi connectivity index (χ3n) is 2.95. The van der Waals surface area contributed by atoms with Crippen molar-refractivity contribution in [3.05, 3.63) is 17.7 Å². The molecular weight excluding hydrogens is 222 g/mol. The molecule has 0 unspecified atom stereocenters. The lowest BCUT2D eigenvalue weighted by Crippen LogP contribution is -2.51. The first-order valence-electron chi connectivity index (χ1n) is 5.15. The third-order valence-corrected chi connectivity index (χ3v) is 2.95. The Hall–Kier alpha value is -2.29. The van der Waals surface area contributed by atoms with Crippen LogP contribution in [0.2, 0.25) is 0 Å². The fourth-order valence-electron chi connectivity index (χ4n) is 1.88. The van der Waals surface area contributed by atoms with Gasteiger partial charge in [-0.3, -0.25) is 4.79 Å². The molecule has 3 N–H and O–H groups in total. The van der Waals surface area contributed by atoms with Crippen molar-refractivity contribution in [2.75, 3.05) is 0 Å². The number of carboxylic acids is 1. The lowest BCUT2D eigenvalue weighted by atomic mass is 9.76. The highest BCUT2D eigenvalue weighted by Gasteiger charge is 2.42. The number of aromatic nitrogens is 2. The van der Waals surface area contributed by atoms with Crippen LogP contribution in [-0.4, -0.2) is 27.0 Å². The number of rotatable bonds is 3. The van der Waals surface area contributed by atoms with Crippen LogP contribution in [0.15, 0.2) is 6.20 Å². The summed E-state index contributed by atoms with van der Waals surface area (Å²) >= 11 is 0. The number of nitrogens with zero attached hydrogens (tertiary/aromatic N) is 1. The van der Waals surface area contributed by atoms with Gasteiger partial charge in [0.15, 0.2) is 0 Å². The lowest BCUT2D eigenvalue weighted by Gasteiger charge is -2.40. The summed E-state index contributed by atoms with van der Waals surface area (Å²) in [6.45, 7) is 0. The Balaban J connectivity index is 2.25. The van der Waals surface area contributed by atoms with E-state index in [-0.39, 0.29) is 5.69 Å². The quantitative estimate of drug-likeness (QED) is 0.651. The summed E-state index contributed by atoms with van der Waals surface area (Å²) in [4.78, 5) is 28.7. The van der Waals surface area contributed by atoms with Crippen molar-refractivity contribution in [3.63, 3.8) is 0 Å². The minimum atomic E-state index is -1.08. The molecule has 0 bridgehead atoms. The molecule has 0 aromatic carbocycles. The third kappa shape index (κ3) is 1.87. The molecule has 1 saturated carbocycles. The Morgan fingerprint density at radius 1 is 1.59 bits per heavy atom. The minimum absolute atomic E-state index is 0.00114. The maximum absolute atomic E-state index is 11.2. The number of carbonyl (C=O) groups is 2. The van der Waals surface area contributed by atoms with Crippen LogP contribution in [0.25, 0.3) is 0 Å². The van der Waals surface area contributed by atoms with E-state index < -0.39 is 17.4 Å². The normalized spacial score (nSPS) is 16.6. The number of imidazole rings is 1. The average Bonchev–Trinajstić information content (AvgIpc) is 2.72. The van der Waals surface area contributed by atoms with Gasteiger partial charge in [-0.15, -0.1) is 6.42 Å². The van der Waals surface area contributed by atoms with Gasteiger partial charge < -0.3 is 15.4 Å². The minimum Gasteiger partial charge on any atom is -0.477 e. The number of carbonyl (C=O) groups excluding carboxylic acids is 1. The lowest BCUT2D eigenvalue weighted by molar-refractivity contribution is -0.118. The average molecular weight is 233 g/mol. The van der Waals surface area contributed by atoms with Crippen LogP contribution in [0.3, 0.4) is 0 Å². The topological polar surface area (TPSA) is 95.1 Å². The van der Waals surface area contributed by atoms with Crippen LogP contribution in [0.5, 0.6) is 0 Å². The Morgan fingerprint density at radius 2 is 2.29 bits per heavy atom. The fraction of sp³-hybridized carbons (Fsp3) is 0.364. The number of hydrogen-bond donors (Lipinski definition) is 3. The number of aromatic carboxylic acids is 1. The largest absolute Gasteiger partial charge is 0.477 e. The molecule has 0 spiro atoms. The van der Waals surface area contributed by atoms with E-state index in [2.05, 4.69) is 15.3 Å². The number of hydrogen-bond acceptors (Lipinski definition) is 3. The fourth-order valence-corrected chi connectivity index (χ4v) is 1.88. The molecule has 1 aromatic rings. The zero-order chi connectivity index (χ0) is 12.5. The van der Waals surface area contributed by atoms with E-state index in [1.807, 2.05) is 5.92 Å². The molecule has 6 nitrogen and oxygen atoms in total. The summed E-state index contributed by atoms with van der Waals surface area (Å²) in [6, 6.07) is 0. The summed E-state index contributed by atoms with van der Waals surface area (Å²) in [5, 5.41) is 11.5. The maximum Gasteiger partial charge on any atom is 0.353 e. The van der Waals surface area contributed by atoms with Gasteiger partial charge in [-0.2, -0.15) is 0 Å². The molecule has 17 heavy (non-hydrogen) atoms. The van der Waals surface area contributed by atoms with Gasteiger partial charge in [0.25, 0.3) is 5.91 Å². The molecule has 0 saturated heterocycles. The van der Waals surface area contributed by atoms with Crippen molar-refractivity contribution in [1.29, 1.82) is 0 Å². The zero-order valence-corrected chi connectivity index (χ0v) is 8.99. The van der Waals surface area contributed by atoms with E-state index in [4.69, 9.17) is 11.5 Å². The summed E-state index contributed by atoms with van der Waals surface area (Å²) in [7, 11) is 0. The van der Waals surface area contributed by atoms with E-state index in [1.54, 1.807) is 0 Å². The van der Waals surface area contributed by atoms with Crippen molar-refractivity contribution >= 4 is 11.9 Å². The van der Waals surface area contributed by atoms with Crippen molar-refractivity contribution < 1.29 is 14.7 Å². The van der Waals surface area contributed by atoms with Gasteiger partial charge >= 0.3 is 5.97 Å². The first kappa shape index (κ1) is 11.2. The molecule has 2 rings (SSSR count). The number of aromatic amines is 1. The predicted molar refractivity (Wildman–Crippen MR) is 58.1 cm³/mol. The van der Waals surface area contributed by atoms with Crippen molar-refractivity contribution in [2.45, 2.75) is 24.8 Å². The Labute approximate surface area is 97.4 Å². The Bertz CT molecular complexity index is 508. The number of H-pyrrole nitrogens is 1.